The van der Waals surface area contributed by atoms with Crippen LogP contribution in [0.4, 0.5) is 0 Å². The van der Waals surface area contributed by atoms with Crippen molar-refractivity contribution in [3.63, 3.8) is 0 Å². The maximum atomic E-state index is 9.82. The Balaban J connectivity index is -0.000000118. The predicted molar refractivity (Wildman–Crippen MR) is 101 cm³/mol. The van der Waals surface area contributed by atoms with Crippen LogP contribution < -0.4 is 0 Å². The second-order valence-corrected chi connectivity index (χ2v) is 4.83. The van der Waals surface area contributed by atoms with Gasteiger partial charge in [0, 0.05) is 20.8 Å². The SMILES string of the molecule is CCCCCCC.CCOC(C)=O.CCOC(C)=O.CCOC(C)=O. The van der Waals surface area contributed by atoms with Gasteiger partial charge in [-0.1, -0.05) is 46.0 Å². The molecule has 0 aromatic rings. The van der Waals surface area contributed by atoms with Crippen molar-refractivity contribution in [2.45, 2.75) is 87.5 Å². The van der Waals surface area contributed by atoms with Gasteiger partial charge in [-0.15, -0.1) is 0 Å². The summed E-state index contributed by atoms with van der Waals surface area (Å²) in [6, 6.07) is 0. The molecular formula is C19H40O6. The zero-order valence-electron chi connectivity index (χ0n) is 17.6. The van der Waals surface area contributed by atoms with Crippen molar-refractivity contribution in [3.8, 4) is 0 Å². The van der Waals surface area contributed by atoms with Crippen molar-refractivity contribution < 1.29 is 28.6 Å². The molecule has 0 saturated carbocycles. The number of esters is 3. The molecule has 0 radical (unpaired) electrons. The summed E-state index contributed by atoms with van der Waals surface area (Å²) in [7, 11) is 0. The van der Waals surface area contributed by atoms with E-state index >= 15 is 0 Å². The molecular weight excluding hydrogens is 324 g/mol. The average molecular weight is 365 g/mol. The monoisotopic (exact) mass is 364 g/mol. The summed E-state index contributed by atoms with van der Waals surface area (Å²) in [6.45, 7) is 15.5. The summed E-state index contributed by atoms with van der Waals surface area (Å²) in [5, 5.41) is 0. The molecule has 0 N–H and O–H groups in total. The van der Waals surface area contributed by atoms with Gasteiger partial charge in [0.15, 0.2) is 0 Å². The molecule has 0 unspecified atom stereocenters. The molecule has 0 amide bonds. The lowest BCUT2D eigenvalue weighted by Gasteiger charge is -1.90. The minimum atomic E-state index is -0.211. The molecule has 0 aliphatic heterocycles. The first kappa shape index (κ1) is 31.2. The van der Waals surface area contributed by atoms with E-state index in [1.54, 1.807) is 20.8 Å². The number of hydrogen-bond donors (Lipinski definition) is 0. The van der Waals surface area contributed by atoms with Crippen molar-refractivity contribution in [3.05, 3.63) is 0 Å². The van der Waals surface area contributed by atoms with E-state index in [1.807, 2.05) is 0 Å². The van der Waals surface area contributed by atoms with Crippen LogP contribution in [0.15, 0.2) is 0 Å². The topological polar surface area (TPSA) is 78.9 Å². The number of carbonyl (C=O) groups excluding carboxylic acids is 3. The molecule has 0 aromatic heterocycles. The second-order valence-electron chi connectivity index (χ2n) is 4.83. The highest BCUT2D eigenvalue weighted by Gasteiger charge is 1.83. The molecule has 0 aliphatic rings. The zero-order chi connectivity index (χ0) is 20.5. The second kappa shape index (κ2) is 30.3. The van der Waals surface area contributed by atoms with Crippen LogP contribution in [0.25, 0.3) is 0 Å². The van der Waals surface area contributed by atoms with Gasteiger partial charge in [-0.3, -0.25) is 14.4 Å². The first-order valence-corrected chi connectivity index (χ1v) is 9.13. The van der Waals surface area contributed by atoms with Crippen LogP contribution in [0.1, 0.15) is 87.5 Å². The molecule has 0 fully saturated rings. The van der Waals surface area contributed by atoms with Crippen LogP contribution in [0.2, 0.25) is 0 Å². The van der Waals surface area contributed by atoms with Crippen molar-refractivity contribution in [2.75, 3.05) is 19.8 Å². The van der Waals surface area contributed by atoms with Gasteiger partial charge >= 0.3 is 17.9 Å². The Morgan fingerprint density at radius 1 is 0.520 bits per heavy atom. The molecule has 0 aromatic carbocycles. The van der Waals surface area contributed by atoms with Crippen LogP contribution in [0.3, 0.4) is 0 Å². The largest absolute Gasteiger partial charge is 0.466 e. The van der Waals surface area contributed by atoms with Crippen LogP contribution >= 0.6 is 0 Å². The summed E-state index contributed by atoms with van der Waals surface area (Å²) in [6.07, 6.45) is 7.01. The van der Waals surface area contributed by atoms with E-state index in [-0.39, 0.29) is 17.9 Å². The fraction of sp³-hybridized carbons (Fsp3) is 0.842. The van der Waals surface area contributed by atoms with E-state index < -0.39 is 0 Å². The third-order valence-electron chi connectivity index (χ3n) is 2.25. The van der Waals surface area contributed by atoms with Crippen molar-refractivity contribution in [1.29, 1.82) is 0 Å². The standard InChI is InChI=1S/C7H16.3C4H8O2/c1-3-5-7-6-4-2;3*1-3-6-4(2)5/h3-7H2,1-2H3;3*3H2,1-2H3. The number of carbonyl (C=O) groups is 3. The summed E-state index contributed by atoms with van der Waals surface area (Å²) in [4.78, 5) is 29.5. The quantitative estimate of drug-likeness (QED) is 0.370. The van der Waals surface area contributed by atoms with E-state index in [9.17, 15) is 14.4 Å². The first-order valence-electron chi connectivity index (χ1n) is 9.13. The van der Waals surface area contributed by atoms with Gasteiger partial charge in [0.1, 0.15) is 0 Å². The minimum Gasteiger partial charge on any atom is -0.466 e. The number of unbranched alkanes of at least 4 members (excludes halogenated alkanes) is 4. The van der Waals surface area contributed by atoms with Gasteiger partial charge in [-0.25, -0.2) is 0 Å². The van der Waals surface area contributed by atoms with Crippen LogP contribution in [0, 0.1) is 0 Å². The lowest BCUT2D eigenvalue weighted by atomic mass is 10.2. The molecule has 0 atom stereocenters. The smallest absolute Gasteiger partial charge is 0.302 e. The van der Waals surface area contributed by atoms with Gasteiger partial charge in [-0.2, -0.15) is 0 Å². The van der Waals surface area contributed by atoms with E-state index in [1.165, 1.54) is 52.9 Å². The number of ether oxygens (including phenoxy) is 3. The molecule has 6 nitrogen and oxygen atoms in total. The maximum absolute atomic E-state index is 9.82. The molecule has 0 rings (SSSR count). The maximum Gasteiger partial charge on any atom is 0.302 e. The van der Waals surface area contributed by atoms with E-state index in [2.05, 4.69) is 28.1 Å². The molecule has 0 saturated heterocycles. The Morgan fingerprint density at radius 2 is 0.760 bits per heavy atom. The molecule has 0 bridgehead atoms. The van der Waals surface area contributed by atoms with Crippen LogP contribution in [-0.2, 0) is 28.6 Å². The normalized spacial score (nSPS) is 8.16. The van der Waals surface area contributed by atoms with E-state index in [0.29, 0.717) is 19.8 Å². The molecule has 6 heteroatoms. The highest BCUT2D eigenvalue weighted by molar-refractivity contribution is 5.66. The third-order valence-corrected chi connectivity index (χ3v) is 2.25. The van der Waals surface area contributed by atoms with Crippen LogP contribution in [-0.4, -0.2) is 37.7 Å². The lowest BCUT2D eigenvalue weighted by Crippen LogP contribution is -1.95. The Kier molecular flexibility index (Phi) is 37.8. The van der Waals surface area contributed by atoms with Crippen molar-refractivity contribution in [1.82, 2.24) is 0 Å². The minimum absolute atomic E-state index is 0.211. The number of rotatable bonds is 7. The molecule has 152 valence electrons. The van der Waals surface area contributed by atoms with Gasteiger partial charge in [0.25, 0.3) is 0 Å². The Morgan fingerprint density at radius 3 is 0.840 bits per heavy atom. The first-order chi connectivity index (χ1) is 11.7. The third kappa shape index (κ3) is 71.7. The van der Waals surface area contributed by atoms with Crippen LogP contribution in [0.5, 0.6) is 0 Å². The highest BCUT2D eigenvalue weighted by Crippen LogP contribution is 2.00. The fourth-order valence-corrected chi connectivity index (χ4v) is 1.29. The average Bonchev–Trinajstić information content (AvgIpc) is 2.49. The summed E-state index contributed by atoms with van der Waals surface area (Å²) >= 11 is 0. The predicted octanol–water partition coefficient (Wildman–Crippen LogP) is 4.68. The highest BCUT2D eigenvalue weighted by atomic mass is 16.5. The zero-order valence-corrected chi connectivity index (χ0v) is 17.6. The summed E-state index contributed by atoms with van der Waals surface area (Å²) in [5.74, 6) is -0.632. The Labute approximate surface area is 154 Å². The Hall–Kier alpha value is -1.59. The fourth-order valence-electron chi connectivity index (χ4n) is 1.29. The van der Waals surface area contributed by atoms with Crippen molar-refractivity contribution in [2.24, 2.45) is 0 Å². The van der Waals surface area contributed by atoms with Crippen molar-refractivity contribution >= 4 is 17.9 Å². The lowest BCUT2D eigenvalue weighted by molar-refractivity contribution is -0.141. The summed E-state index contributed by atoms with van der Waals surface area (Å²) in [5.41, 5.74) is 0. The van der Waals surface area contributed by atoms with E-state index in [4.69, 9.17) is 0 Å². The molecule has 0 heterocycles. The van der Waals surface area contributed by atoms with Gasteiger partial charge in [-0.05, 0) is 20.8 Å². The number of hydrogen-bond acceptors (Lipinski definition) is 6. The summed E-state index contributed by atoms with van der Waals surface area (Å²) < 4.78 is 13.2. The van der Waals surface area contributed by atoms with Gasteiger partial charge in [0.05, 0.1) is 19.8 Å². The molecule has 0 aliphatic carbocycles. The van der Waals surface area contributed by atoms with Gasteiger partial charge in [0.2, 0.25) is 0 Å². The Bertz CT molecular complexity index is 248. The molecule has 25 heavy (non-hydrogen) atoms. The molecule has 0 spiro atoms. The van der Waals surface area contributed by atoms with E-state index in [0.717, 1.165) is 0 Å². The van der Waals surface area contributed by atoms with Gasteiger partial charge < -0.3 is 14.2 Å².